The minimum atomic E-state index is -3.52. The van der Waals surface area contributed by atoms with Gasteiger partial charge in [0.05, 0.1) is 41.7 Å². The Morgan fingerprint density at radius 3 is 2.44 bits per heavy atom. The zero-order valence-electron chi connectivity index (χ0n) is 24.3. The van der Waals surface area contributed by atoms with Crippen LogP contribution in [0.5, 0.6) is 5.75 Å². The molecule has 41 heavy (non-hydrogen) atoms. The molecule has 0 bridgehead atoms. The number of piperazine rings is 1. The molecule has 2 aliphatic heterocycles. The van der Waals surface area contributed by atoms with E-state index in [9.17, 15) is 13.2 Å². The Labute approximate surface area is 241 Å². The summed E-state index contributed by atoms with van der Waals surface area (Å²) in [7, 11) is -3.52. The van der Waals surface area contributed by atoms with Crippen LogP contribution in [0, 0.1) is 6.92 Å². The van der Waals surface area contributed by atoms with Crippen molar-refractivity contribution in [3.63, 3.8) is 0 Å². The van der Waals surface area contributed by atoms with Crippen LogP contribution in [0.15, 0.2) is 30.3 Å². The average molecular weight is 586 g/mol. The van der Waals surface area contributed by atoms with Gasteiger partial charge in [-0.05, 0) is 63.1 Å². The van der Waals surface area contributed by atoms with Gasteiger partial charge in [0.2, 0.25) is 10.0 Å². The molecule has 2 N–H and O–H groups in total. The van der Waals surface area contributed by atoms with Crippen LogP contribution < -0.4 is 14.4 Å². The SMILES string of the molecule is Cc1[nH]nc2cc(-c3ccc(NS(C)(=O)=O)c(N4CCN(C(=O)OC(C)(C)C)CC4)c3)cc(OC3CCOCC3)c12. The van der Waals surface area contributed by atoms with Crippen molar-refractivity contribution in [1.82, 2.24) is 15.1 Å². The van der Waals surface area contributed by atoms with Crippen LogP contribution >= 0.6 is 0 Å². The molecule has 0 radical (unpaired) electrons. The number of ether oxygens (including phenoxy) is 3. The van der Waals surface area contributed by atoms with Gasteiger partial charge in [0.25, 0.3) is 0 Å². The van der Waals surface area contributed by atoms with E-state index in [-0.39, 0.29) is 12.2 Å². The third-order valence-electron chi connectivity index (χ3n) is 7.16. The first kappa shape index (κ1) is 29.0. The number of H-pyrrole nitrogens is 1. The van der Waals surface area contributed by atoms with Crippen molar-refractivity contribution < 1.29 is 27.4 Å². The average Bonchev–Trinajstić information content (AvgIpc) is 3.28. The molecule has 2 saturated heterocycles. The fourth-order valence-electron chi connectivity index (χ4n) is 5.21. The van der Waals surface area contributed by atoms with E-state index in [1.165, 1.54) is 0 Å². The Bertz CT molecular complexity index is 1520. The molecule has 2 fully saturated rings. The number of carbonyl (C=O) groups is 1. The van der Waals surface area contributed by atoms with E-state index >= 15 is 0 Å². The maximum absolute atomic E-state index is 12.6. The third kappa shape index (κ3) is 7.05. The normalized spacial score (nSPS) is 17.1. The molecule has 222 valence electrons. The fraction of sp³-hybridized carbons (Fsp3) is 0.517. The molecule has 3 aromatic rings. The second-order valence-corrected chi connectivity index (χ2v) is 13.5. The molecule has 12 heteroatoms. The highest BCUT2D eigenvalue weighted by molar-refractivity contribution is 7.92. The molecule has 1 aromatic heterocycles. The van der Waals surface area contributed by atoms with Crippen LogP contribution in [0.1, 0.15) is 39.3 Å². The summed E-state index contributed by atoms with van der Waals surface area (Å²) in [4.78, 5) is 16.4. The molecule has 3 heterocycles. The van der Waals surface area contributed by atoms with Crippen LogP contribution in [-0.2, 0) is 19.5 Å². The van der Waals surface area contributed by atoms with Crippen molar-refractivity contribution in [3.05, 3.63) is 36.0 Å². The minimum absolute atomic E-state index is 0.0645. The molecular formula is C29H39N5O6S. The smallest absolute Gasteiger partial charge is 0.410 e. The first-order valence-electron chi connectivity index (χ1n) is 13.9. The summed E-state index contributed by atoms with van der Waals surface area (Å²) in [5.74, 6) is 0.765. The number of nitrogens with zero attached hydrogens (tertiary/aromatic N) is 3. The number of hydrogen-bond donors (Lipinski definition) is 2. The largest absolute Gasteiger partial charge is 0.489 e. The Hall–Kier alpha value is -3.51. The number of aryl methyl sites for hydroxylation is 1. The van der Waals surface area contributed by atoms with E-state index in [1.807, 2.05) is 52.0 Å². The first-order valence-corrected chi connectivity index (χ1v) is 15.8. The lowest BCUT2D eigenvalue weighted by Gasteiger charge is -2.37. The van der Waals surface area contributed by atoms with E-state index in [4.69, 9.17) is 14.2 Å². The van der Waals surface area contributed by atoms with Gasteiger partial charge in [-0.1, -0.05) is 6.07 Å². The summed E-state index contributed by atoms with van der Waals surface area (Å²) < 4.78 is 44.6. The van der Waals surface area contributed by atoms with Gasteiger partial charge in [-0.3, -0.25) is 9.82 Å². The quantitative estimate of drug-likeness (QED) is 0.432. The number of carbonyl (C=O) groups excluding carboxylic acids is 1. The van der Waals surface area contributed by atoms with Crippen molar-refractivity contribution in [2.75, 3.05) is 55.3 Å². The summed E-state index contributed by atoms with van der Waals surface area (Å²) in [5, 5.41) is 8.53. The molecule has 0 aliphatic carbocycles. The molecule has 2 aromatic carbocycles. The number of rotatable bonds is 6. The zero-order chi connectivity index (χ0) is 29.4. The van der Waals surface area contributed by atoms with Crippen LogP contribution in [-0.4, -0.2) is 87.0 Å². The van der Waals surface area contributed by atoms with Crippen molar-refractivity contribution in [2.45, 2.75) is 52.2 Å². The number of aromatic nitrogens is 2. The molecule has 11 nitrogen and oxygen atoms in total. The molecular weight excluding hydrogens is 546 g/mol. The summed E-state index contributed by atoms with van der Waals surface area (Å²) in [5.41, 5.74) is 4.19. The third-order valence-corrected chi connectivity index (χ3v) is 7.75. The summed E-state index contributed by atoms with van der Waals surface area (Å²) in [6, 6.07) is 9.70. The van der Waals surface area contributed by atoms with E-state index < -0.39 is 15.6 Å². The molecule has 0 unspecified atom stereocenters. The fourth-order valence-corrected chi connectivity index (χ4v) is 5.79. The molecule has 2 aliphatic rings. The van der Waals surface area contributed by atoms with Gasteiger partial charge in [-0.15, -0.1) is 0 Å². The number of hydrogen-bond acceptors (Lipinski definition) is 8. The summed E-state index contributed by atoms with van der Waals surface area (Å²) in [6.45, 7) is 10.8. The van der Waals surface area contributed by atoms with Gasteiger partial charge < -0.3 is 24.0 Å². The van der Waals surface area contributed by atoms with Gasteiger partial charge in [0.15, 0.2) is 0 Å². The lowest BCUT2D eigenvalue weighted by molar-refractivity contribution is 0.0239. The minimum Gasteiger partial charge on any atom is -0.489 e. The Morgan fingerprint density at radius 2 is 1.78 bits per heavy atom. The molecule has 1 amide bonds. The zero-order valence-corrected chi connectivity index (χ0v) is 25.1. The number of nitrogens with one attached hydrogen (secondary N) is 2. The van der Waals surface area contributed by atoms with E-state index in [2.05, 4.69) is 19.8 Å². The molecule has 0 saturated carbocycles. The van der Waals surface area contributed by atoms with Gasteiger partial charge in [-0.25, -0.2) is 13.2 Å². The van der Waals surface area contributed by atoms with Crippen LogP contribution in [0.25, 0.3) is 22.0 Å². The maximum atomic E-state index is 12.6. The van der Waals surface area contributed by atoms with Gasteiger partial charge in [-0.2, -0.15) is 5.10 Å². The number of benzene rings is 2. The highest BCUT2D eigenvalue weighted by atomic mass is 32.2. The molecule has 0 atom stereocenters. The topological polar surface area (TPSA) is 126 Å². The number of sulfonamides is 1. The van der Waals surface area contributed by atoms with E-state index in [0.717, 1.165) is 58.3 Å². The van der Waals surface area contributed by atoms with Crippen molar-refractivity contribution in [1.29, 1.82) is 0 Å². The number of fused-ring (bicyclic) bond motifs is 1. The van der Waals surface area contributed by atoms with E-state index in [1.54, 1.807) is 11.0 Å². The van der Waals surface area contributed by atoms with Crippen molar-refractivity contribution >= 4 is 38.4 Å². The van der Waals surface area contributed by atoms with Crippen molar-refractivity contribution in [3.8, 4) is 16.9 Å². The molecule has 5 rings (SSSR count). The van der Waals surface area contributed by atoms with Gasteiger partial charge in [0, 0.05) is 44.7 Å². The Balaban J connectivity index is 1.47. The van der Waals surface area contributed by atoms with Crippen LogP contribution in [0.3, 0.4) is 0 Å². The first-order chi connectivity index (χ1) is 19.4. The predicted octanol–water partition coefficient (Wildman–Crippen LogP) is 4.52. The highest BCUT2D eigenvalue weighted by Gasteiger charge is 2.27. The Morgan fingerprint density at radius 1 is 1.07 bits per heavy atom. The summed E-state index contributed by atoms with van der Waals surface area (Å²) in [6.07, 6.45) is 2.51. The maximum Gasteiger partial charge on any atom is 0.410 e. The lowest BCUT2D eigenvalue weighted by atomic mass is 10.0. The van der Waals surface area contributed by atoms with Gasteiger partial charge >= 0.3 is 6.09 Å². The predicted molar refractivity (Wildman–Crippen MR) is 159 cm³/mol. The van der Waals surface area contributed by atoms with E-state index in [0.29, 0.717) is 45.1 Å². The number of amides is 1. The number of aromatic amines is 1. The molecule has 0 spiro atoms. The monoisotopic (exact) mass is 585 g/mol. The summed E-state index contributed by atoms with van der Waals surface area (Å²) >= 11 is 0. The highest BCUT2D eigenvalue weighted by Crippen LogP contribution is 2.38. The van der Waals surface area contributed by atoms with Crippen molar-refractivity contribution in [2.24, 2.45) is 0 Å². The Kier molecular flexibility index (Phi) is 8.06. The second kappa shape index (κ2) is 11.4. The van der Waals surface area contributed by atoms with Crippen LogP contribution in [0.2, 0.25) is 0 Å². The van der Waals surface area contributed by atoms with Crippen LogP contribution in [0.4, 0.5) is 16.2 Å². The standard InChI is InChI=1S/C29H39N5O6S/c1-19-27-24(31-30-19)16-21(18-26(27)39-22-8-14-38-15-9-22)20-6-7-23(32-41(5,36)37)25(17-20)33-10-12-34(13-11-33)28(35)40-29(2,3)4/h6-7,16-18,22,32H,8-15H2,1-5H3,(H,30,31). The lowest BCUT2D eigenvalue weighted by Crippen LogP contribution is -2.50. The van der Waals surface area contributed by atoms with Gasteiger partial charge in [0.1, 0.15) is 17.5 Å². The number of anilines is 2. The second-order valence-electron chi connectivity index (χ2n) is 11.7.